The molecule has 0 aromatic heterocycles. The van der Waals surface area contributed by atoms with E-state index in [1.165, 1.54) is 0 Å². The summed E-state index contributed by atoms with van der Waals surface area (Å²) in [4.78, 5) is 13.4. The van der Waals surface area contributed by atoms with Crippen LogP contribution in [0.3, 0.4) is 0 Å². The van der Waals surface area contributed by atoms with E-state index in [0.717, 1.165) is 6.54 Å². The van der Waals surface area contributed by atoms with E-state index < -0.39 is 0 Å². The molecule has 3 nitrogen and oxygen atoms in total. The number of carbonyl (C=O) groups is 1. The first-order chi connectivity index (χ1) is 7.76. The van der Waals surface area contributed by atoms with Gasteiger partial charge in [-0.15, -0.1) is 0 Å². The fourth-order valence-corrected chi connectivity index (χ4v) is 1.23. The maximum Gasteiger partial charge on any atom is 0.226 e. The summed E-state index contributed by atoms with van der Waals surface area (Å²) in [6, 6.07) is 0. The van der Waals surface area contributed by atoms with Crippen molar-refractivity contribution in [3.63, 3.8) is 0 Å². The van der Waals surface area contributed by atoms with Gasteiger partial charge in [0.15, 0.2) is 0 Å². The first kappa shape index (κ1) is 14.6. The van der Waals surface area contributed by atoms with Crippen molar-refractivity contribution in [1.82, 2.24) is 4.90 Å². The zero-order valence-electron chi connectivity index (χ0n) is 10.2. The molecule has 0 fully saturated rings. The summed E-state index contributed by atoms with van der Waals surface area (Å²) in [6.45, 7) is 5.80. The molecule has 0 aromatic carbocycles. The van der Waals surface area contributed by atoms with E-state index in [-0.39, 0.29) is 5.91 Å². The molecule has 0 rings (SSSR count). The quantitative estimate of drug-likeness (QED) is 0.668. The zero-order chi connectivity index (χ0) is 12.2. The molecule has 0 aliphatic rings. The van der Waals surface area contributed by atoms with Crippen molar-refractivity contribution in [2.75, 3.05) is 19.6 Å². The summed E-state index contributed by atoms with van der Waals surface area (Å²) in [7, 11) is 0. The standard InChI is InChI=1S/C13H22N2O/c1-3-5-6-7-8-9-10-13(16)15(4-2)12-11-14/h3,5-9H,4,10-12,14H2,1-2H3/b5-3-,7-6-,9-8+. The monoisotopic (exact) mass is 222 g/mol. The van der Waals surface area contributed by atoms with Gasteiger partial charge in [-0.2, -0.15) is 0 Å². The van der Waals surface area contributed by atoms with Gasteiger partial charge in [-0.1, -0.05) is 36.5 Å². The topological polar surface area (TPSA) is 46.3 Å². The van der Waals surface area contributed by atoms with Crippen LogP contribution in [0.1, 0.15) is 20.3 Å². The van der Waals surface area contributed by atoms with Gasteiger partial charge in [0.05, 0.1) is 0 Å². The van der Waals surface area contributed by atoms with Crippen molar-refractivity contribution < 1.29 is 4.79 Å². The van der Waals surface area contributed by atoms with Gasteiger partial charge in [-0.05, 0) is 13.8 Å². The third kappa shape index (κ3) is 7.01. The molecule has 1 amide bonds. The highest BCUT2D eigenvalue weighted by Crippen LogP contribution is 1.95. The molecule has 0 spiro atoms. The molecule has 0 atom stereocenters. The Balaban J connectivity index is 3.94. The highest BCUT2D eigenvalue weighted by molar-refractivity contribution is 5.77. The van der Waals surface area contributed by atoms with Crippen molar-refractivity contribution in [3.8, 4) is 0 Å². The van der Waals surface area contributed by atoms with Crippen LogP contribution in [-0.2, 0) is 4.79 Å². The molecule has 90 valence electrons. The molecule has 16 heavy (non-hydrogen) atoms. The van der Waals surface area contributed by atoms with Crippen molar-refractivity contribution in [3.05, 3.63) is 36.5 Å². The lowest BCUT2D eigenvalue weighted by atomic mass is 10.3. The van der Waals surface area contributed by atoms with E-state index in [2.05, 4.69) is 0 Å². The Hall–Kier alpha value is -1.35. The second-order valence-corrected chi connectivity index (χ2v) is 3.31. The minimum atomic E-state index is 0.128. The molecule has 0 heterocycles. The Bertz CT molecular complexity index is 267. The number of carbonyl (C=O) groups excluding carboxylic acids is 1. The first-order valence-electron chi connectivity index (χ1n) is 5.68. The van der Waals surface area contributed by atoms with Crippen LogP contribution < -0.4 is 5.73 Å². The third-order valence-electron chi connectivity index (χ3n) is 2.09. The molecule has 0 saturated heterocycles. The SMILES string of the molecule is C\C=C/C=C\C=C\CC(=O)N(CC)CCN. The Kier molecular flexibility index (Phi) is 9.32. The van der Waals surface area contributed by atoms with Crippen molar-refractivity contribution in [2.24, 2.45) is 5.73 Å². The number of likely N-dealkylation sites (N-methyl/N-ethyl adjacent to an activating group) is 1. The highest BCUT2D eigenvalue weighted by atomic mass is 16.2. The normalized spacial score (nSPS) is 11.9. The maximum atomic E-state index is 11.6. The Morgan fingerprint density at radius 2 is 1.94 bits per heavy atom. The minimum Gasteiger partial charge on any atom is -0.341 e. The molecular formula is C13H22N2O. The largest absolute Gasteiger partial charge is 0.341 e. The Labute approximate surface area is 98.3 Å². The first-order valence-corrected chi connectivity index (χ1v) is 5.68. The summed E-state index contributed by atoms with van der Waals surface area (Å²) < 4.78 is 0. The smallest absolute Gasteiger partial charge is 0.226 e. The van der Waals surface area contributed by atoms with Gasteiger partial charge >= 0.3 is 0 Å². The van der Waals surface area contributed by atoms with Gasteiger partial charge < -0.3 is 10.6 Å². The highest BCUT2D eigenvalue weighted by Gasteiger charge is 2.07. The molecule has 0 aliphatic heterocycles. The molecule has 2 N–H and O–H groups in total. The van der Waals surface area contributed by atoms with Gasteiger partial charge in [0.1, 0.15) is 0 Å². The third-order valence-corrected chi connectivity index (χ3v) is 2.09. The molecule has 0 aromatic rings. The van der Waals surface area contributed by atoms with E-state index in [1.807, 2.05) is 50.3 Å². The number of amides is 1. The fraction of sp³-hybridized carbons (Fsp3) is 0.462. The lowest BCUT2D eigenvalue weighted by molar-refractivity contribution is -0.129. The fourth-order valence-electron chi connectivity index (χ4n) is 1.23. The lowest BCUT2D eigenvalue weighted by Crippen LogP contribution is -2.34. The van der Waals surface area contributed by atoms with E-state index in [1.54, 1.807) is 4.90 Å². The van der Waals surface area contributed by atoms with E-state index in [4.69, 9.17) is 5.73 Å². The average molecular weight is 222 g/mol. The maximum absolute atomic E-state index is 11.6. The molecule has 0 bridgehead atoms. The van der Waals surface area contributed by atoms with E-state index >= 15 is 0 Å². The predicted molar refractivity (Wildman–Crippen MR) is 69.0 cm³/mol. The van der Waals surface area contributed by atoms with Gasteiger partial charge in [0.25, 0.3) is 0 Å². The van der Waals surface area contributed by atoms with Gasteiger partial charge in [0.2, 0.25) is 5.91 Å². The number of rotatable bonds is 7. The number of hydrogen-bond donors (Lipinski definition) is 1. The summed E-state index contributed by atoms with van der Waals surface area (Å²) in [6.07, 6.45) is 11.9. The lowest BCUT2D eigenvalue weighted by Gasteiger charge is -2.18. The molecule has 0 aliphatic carbocycles. The van der Waals surface area contributed by atoms with Crippen LogP contribution in [0.25, 0.3) is 0 Å². The number of nitrogens with two attached hydrogens (primary N) is 1. The average Bonchev–Trinajstić information content (AvgIpc) is 2.30. The Morgan fingerprint density at radius 3 is 2.50 bits per heavy atom. The summed E-state index contributed by atoms with van der Waals surface area (Å²) in [5.41, 5.74) is 5.42. The predicted octanol–water partition coefficient (Wildman–Crippen LogP) is 1.87. The zero-order valence-corrected chi connectivity index (χ0v) is 10.2. The molecule has 0 saturated carbocycles. The van der Waals surface area contributed by atoms with Crippen LogP contribution in [0.15, 0.2) is 36.5 Å². The molecule has 0 radical (unpaired) electrons. The van der Waals surface area contributed by atoms with E-state index in [0.29, 0.717) is 19.5 Å². The number of hydrogen-bond acceptors (Lipinski definition) is 2. The van der Waals surface area contributed by atoms with E-state index in [9.17, 15) is 4.79 Å². The summed E-state index contributed by atoms with van der Waals surface area (Å²) in [5.74, 6) is 0.128. The van der Waals surface area contributed by atoms with Crippen LogP contribution in [0.5, 0.6) is 0 Å². The van der Waals surface area contributed by atoms with Crippen LogP contribution in [0, 0.1) is 0 Å². The van der Waals surface area contributed by atoms with Gasteiger partial charge in [0, 0.05) is 26.1 Å². The summed E-state index contributed by atoms with van der Waals surface area (Å²) in [5, 5.41) is 0. The van der Waals surface area contributed by atoms with Gasteiger partial charge in [-0.25, -0.2) is 0 Å². The van der Waals surface area contributed by atoms with Crippen LogP contribution in [0.4, 0.5) is 0 Å². The number of allylic oxidation sites excluding steroid dienone is 5. The molecule has 0 unspecified atom stereocenters. The van der Waals surface area contributed by atoms with Gasteiger partial charge in [-0.3, -0.25) is 4.79 Å². The second kappa shape index (κ2) is 10.2. The van der Waals surface area contributed by atoms with Crippen molar-refractivity contribution in [1.29, 1.82) is 0 Å². The number of nitrogens with zero attached hydrogens (tertiary/aromatic N) is 1. The van der Waals surface area contributed by atoms with Crippen LogP contribution >= 0.6 is 0 Å². The Morgan fingerprint density at radius 1 is 1.25 bits per heavy atom. The molecule has 3 heteroatoms. The van der Waals surface area contributed by atoms with Crippen LogP contribution in [0.2, 0.25) is 0 Å². The minimum absolute atomic E-state index is 0.128. The van der Waals surface area contributed by atoms with Crippen molar-refractivity contribution in [2.45, 2.75) is 20.3 Å². The summed E-state index contributed by atoms with van der Waals surface area (Å²) >= 11 is 0. The van der Waals surface area contributed by atoms with Crippen LogP contribution in [-0.4, -0.2) is 30.4 Å². The molecular weight excluding hydrogens is 200 g/mol. The van der Waals surface area contributed by atoms with Crippen molar-refractivity contribution >= 4 is 5.91 Å². The second-order valence-electron chi connectivity index (χ2n) is 3.31.